The molecule has 0 bridgehead atoms. The Labute approximate surface area is 136 Å². The van der Waals surface area contributed by atoms with Crippen molar-refractivity contribution in [3.8, 4) is 11.5 Å². The fraction of sp³-hybridized carbons (Fsp3) is 0.0588. The predicted octanol–water partition coefficient (Wildman–Crippen LogP) is 3.98. The van der Waals surface area contributed by atoms with Crippen molar-refractivity contribution < 1.29 is 14.3 Å². The standard InChI is InChI=1S/C17H12BrNO3/c1-11-2-7-15(14(18)10-11)22-13-5-3-12(4-6-13)19-16(20)8-9-17(19)21/h2-10H,1H3. The van der Waals surface area contributed by atoms with Gasteiger partial charge in [0.05, 0.1) is 10.2 Å². The topological polar surface area (TPSA) is 46.6 Å². The number of hydrogen-bond donors (Lipinski definition) is 0. The van der Waals surface area contributed by atoms with E-state index in [0.29, 0.717) is 17.2 Å². The molecular formula is C17H12BrNO3. The van der Waals surface area contributed by atoms with E-state index in [1.807, 2.05) is 25.1 Å². The van der Waals surface area contributed by atoms with Crippen LogP contribution < -0.4 is 9.64 Å². The summed E-state index contributed by atoms with van der Waals surface area (Å²) in [6.07, 6.45) is 2.52. The van der Waals surface area contributed by atoms with Crippen molar-refractivity contribution in [2.45, 2.75) is 6.92 Å². The van der Waals surface area contributed by atoms with E-state index in [1.54, 1.807) is 24.3 Å². The van der Waals surface area contributed by atoms with Gasteiger partial charge in [-0.15, -0.1) is 0 Å². The molecule has 22 heavy (non-hydrogen) atoms. The minimum atomic E-state index is -0.333. The number of imide groups is 1. The summed E-state index contributed by atoms with van der Waals surface area (Å²) in [5.41, 5.74) is 1.66. The van der Waals surface area contributed by atoms with Crippen molar-refractivity contribution in [1.82, 2.24) is 0 Å². The van der Waals surface area contributed by atoms with Crippen molar-refractivity contribution in [3.05, 3.63) is 64.7 Å². The highest BCUT2D eigenvalue weighted by Gasteiger charge is 2.24. The van der Waals surface area contributed by atoms with Gasteiger partial charge in [0, 0.05) is 12.2 Å². The molecule has 2 aromatic rings. The van der Waals surface area contributed by atoms with Crippen LogP contribution in [0.25, 0.3) is 0 Å². The zero-order valence-electron chi connectivity index (χ0n) is 11.7. The van der Waals surface area contributed by atoms with Crippen LogP contribution in [0.1, 0.15) is 5.56 Å². The number of ether oxygens (including phenoxy) is 1. The van der Waals surface area contributed by atoms with Crippen LogP contribution in [0.2, 0.25) is 0 Å². The van der Waals surface area contributed by atoms with Gasteiger partial charge in [-0.05, 0) is 64.8 Å². The second kappa shape index (κ2) is 5.77. The van der Waals surface area contributed by atoms with E-state index in [0.717, 1.165) is 14.9 Å². The van der Waals surface area contributed by atoms with Gasteiger partial charge in [-0.25, -0.2) is 4.90 Å². The molecule has 3 rings (SSSR count). The molecule has 110 valence electrons. The van der Waals surface area contributed by atoms with E-state index >= 15 is 0 Å². The molecule has 2 aromatic carbocycles. The smallest absolute Gasteiger partial charge is 0.258 e. The molecule has 0 saturated heterocycles. The fourth-order valence-corrected chi connectivity index (χ4v) is 2.71. The first kappa shape index (κ1) is 14.5. The number of nitrogens with zero attached hydrogens (tertiary/aromatic N) is 1. The Morgan fingerprint density at radius 3 is 2.18 bits per heavy atom. The number of rotatable bonds is 3. The van der Waals surface area contributed by atoms with Gasteiger partial charge in [0.1, 0.15) is 11.5 Å². The maximum Gasteiger partial charge on any atom is 0.258 e. The number of amides is 2. The zero-order chi connectivity index (χ0) is 15.7. The molecule has 5 heteroatoms. The van der Waals surface area contributed by atoms with Crippen LogP contribution in [0.5, 0.6) is 11.5 Å². The quantitative estimate of drug-likeness (QED) is 0.780. The first-order valence-corrected chi connectivity index (χ1v) is 7.44. The molecule has 0 spiro atoms. The summed E-state index contributed by atoms with van der Waals surface area (Å²) < 4.78 is 6.65. The summed E-state index contributed by atoms with van der Waals surface area (Å²) in [6.45, 7) is 2.00. The molecule has 1 aliphatic rings. The molecule has 0 fully saturated rings. The van der Waals surface area contributed by atoms with Crippen molar-refractivity contribution >= 4 is 33.4 Å². The maximum atomic E-state index is 11.6. The molecule has 0 aliphatic carbocycles. The number of aryl methyl sites for hydroxylation is 1. The second-order valence-electron chi connectivity index (χ2n) is 4.88. The molecule has 1 heterocycles. The Balaban J connectivity index is 1.80. The lowest BCUT2D eigenvalue weighted by Gasteiger charge is -2.14. The Morgan fingerprint density at radius 1 is 0.955 bits per heavy atom. The zero-order valence-corrected chi connectivity index (χ0v) is 13.3. The number of halogens is 1. The Kier molecular flexibility index (Phi) is 3.81. The van der Waals surface area contributed by atoms with Crippen LogP contribution in [0.3, 0.4) is 0 Å². The molecule has 0 unspecified atom stereocenters. The van der Waals surface area contributed by atoms with Crippen LogP contribution in [0.15, 0.2) is 59.1 Å². The van der Waals surface area contributed by atoms with Gasteiger partial charge in [-0.3, -0.25) is 9.59 Å². The van der Waals surface area contributed by atoms with Crippen LogP contribution in [-0.4, -0.2) is 11.8 Å². The summed E-state index contributed by atoms with van der Waals surface area (Å²) in [5.74, 6) is 0.661. The van der Waals surface area contributed by atoms with Crippen molar-refractivity contribution in [2.75, 3.05) is 4.90 Å². The molecule has 1 aliphatic heterocycles. The molecule has 0 atom stereocenters. The van der Waals surface area contributed by atoms with Crippen LogP contribution in [-0.2, 0) is 9.59 Å². The van der Waals surface area contributed by atoms with Crippen LogP contribution >= 0.6 is 15.9 Å². The van der Waals surface area contributed by atoms with Gasteiger partial charge < -0.3 is 4.74 Å². The number of anilines is 1. The minimum Gasteiger partial charge on any atom is -0.456 e. The monoisotopic (exact) mass is 357 g/mol. The lowest BCUT2D eigenvalue weighted by molar-refractivity contribution is -0.119. The van der Waals surface area contributed by atoms with E-state index in [-0.39, 0.29) is 11.8 Å². The van der Waals surface area contributed by atoms with Crippen LogP contribution in [0.4, 0.5) is 5.69 Å². The van der Waals surface area contributed by atoms with Crippen molar-refractivity contribution in [1.29, 1.82) is 0 Å². The van der Waals surface area contributed by atoms with E-state index in [4.69, 9.17) is 4.74 Å². The first-order chi connectivity index (χ1) is 10.5. The summed E-state index contributed by atoms with van der Waals surface area (Å²) in [5, 5.41) is 0. The summed E-state index contributed by atoms with van der Waals surface area (Å²) in [6, 6.07) is 12.6. The molecule has 2 amide bonds. The number of hydrogen-bond acceptors (Lipinski definition) is 3. The second-order valence-corrected chi connectivity index (χ2v) is 5.73. The summed E-state index contributed by atoms with van der Waals surface area (Å²) in [7, 11) is 0. The van der Waals surface area contributed by atoms with Crippen molar-refractivity contribution in [3.63, 3.8) is 0 Å². The fourth-order valence-electron chi connectivity index (χ4n) is 2.13. The number of carbonyl (C=O) groups is 2. The average Bonchev–Trinajstić information content (AvgIpc) is 2.82. The molecule has 0 N–H and O–H groups in total. The van der Waals surface area contributed by atoms with Gasteiger partial charge >= 0.3 is 0 Å². The summed E-state index contributed by atoms with van der Waals surface area (Å²) in [4.78, 5) is 24.4. The van der Waals surface area contributed by atoms with Gasteiger partial charge in [0.15, 0.2) is 0 Å². The maximum absolute atomic E-state index is 11.6. The van der Waals surface area contributed by atoms with E-state index in [9.17, 15) is 9.59 Å². The average molecular weight is 358 g/mol. The summed E-state index contributed by atoms with van der Waals surface area (Å²) >= 11 is 3.46. The third-order valence-electron chi connectivity index (χ3n) is 3.22. The lowest BCUT2D eigenvalue weighted by Crippen LogP contribution is -2.29. The van der Waals surface area contributed by atoms with Crippen molar-refractivity contribution in [2.24, 2.45) is 0 Å². The molecular weight excluding hydrogens is 346 g/mol. The SMILES string of the molecule is Cc1ccc(Oc2ccc(N3C(=O)C=CC3=O)cc2)c(Br)c1. The van der Waals surface area contributed by atoms with Gasteiger partial charge in [-0.1, -0.05) is 6.07 Å². The van der Waals surface area contributed by atoms with E-state index in [1.165, 1.54) is 12.2 Å². The lowest BCUT2D eigenvalue weighted by atomic mass is 10.2. The van der Waals surface area contributed by atoms with E-state index in [2.05, 4.69) is 15.9 Å². The van der Waals surface area contributed by atoms with E-state index < -0.39 is 0 Å². The molecule has 4 nitrogen and oxygen atoms in total. The highest BCUT2D eigenvalue weighted by Crippen LogP contribution is 2.31. The predicted molar refractivity (Wildman–Crippen MR) is 87.0 cm³/mol. The van der Waals surface area contributed by atoms with Crippen LogP contribution in [0, 0.1) is 6.92 Å². The Bertz CT molecular complexity index is 763. The van der Waals surface area contributed by atoms with Gasteiger partial charge in [0.2, 0.25) is 0 Å². The number of benzene rings is 2. The molecule has 0 radical (unpaired) electrons. The van der Waals surface area contributed by atoms with Gasteiger partial charge in [-0.2, -0.15) is 0 Å². The minimum absolute atomic E-state index is 0.333. The Hall–Kier alpha value is -2.40. The normalized spacial score (nSPS) is 13.8. The number of carbonyl (C=O) groups excluding carboxylic acids is 2. The third kappa shape index (κ3) is 2.80. The largest absolute Gasteiger partial charge is 0.456 e. The molecule has 0 aromatic heterocycles. The first-order valence-electron chi connectivity index (χ1n) is 6.65. The van der Waals surface area contributed by atoms with Gasteiger partial charge in [0.25, 0.3) is 11.8 Å². The highest BCUT2D eigenvalue weighted by molar-refractivity contribution is 9.10. The third-order valence-corrected chi connectivity index (χ3v) is 3.84. The Morgan fingerprint density at radius 2 is 1.59 bits per heavy atom. The highest BCUT2D eigenvalue weighted by atomic mass is 79.9. The molecule has 0 saturated carbocycles.